The molecule has 1 aliphatic rings. The maximum Gasteiger partial charge on any atom is 0.256 e. The second kappa shape index (κ2) is 8.64. The van der Waals surface area contributed by atoms with E-state index in [0.717, 1.165) is 17.8 Å². The van der Waals surface area contributed by atoms with E-state index in [-0.39, 0.29) is 5.91 Å². The molecule has 2 amide bonds. The number of benzene rings is 1. The molecule has 0 bridgehead atoms. The van der Waals surface area contributed by atoms with Gasteiger partial charge in [0.15, 0.2) is 0 Å². The zero-order chi connectivity index (χ0) is 20.1. The fourth-order valence-electron chi connectivity index (χ4n) is 2.64. The number of H-pyrrole nitrogens is 1. The summed E-state index contributed by atoms with van der Waals surface area (Å²) >= 11 is 0. The first-order valence-electron chi connectivity index (χ1n) is 8.65. The average molecular weight is 372 g/mol. The van der Waals surface area contributed by atoms with Crippen molar-refractivity contribution in [1.82, 2.24) is 9.88 Å². The number of carbonyl (C=O) groups excluding carboxylic acids is 2. The van der Waals surface area contributed by atoms with Crippen molar-refractivity contribution in [2.75, 3.05) is 31.3 Å². The third kappa shape index (κ3) is 4.62. The Morgan fingerprint density at radius 2 is 1.93 bits per heavy atom. The molecule has 3 N–H and O–H groups in total. The number of hydrogen-bond acceptors (Lipinski definition) is 3. The smallest absolute Gasteiger partial charge is 0.256 e. The number of nitrogens with zero attached hydrogens (tertiary/aromatic N) is 1. The molecule has 0 unspecified atom stereocenters. The lowest BCUT2D eigenvalue weighted by atomic mass is 10.0. The maximum absolute atomic E-state index is 13.4. The molecule has 7 heteroatoms. The highest BCUT2D eigenvalue weighted by atomic mass is 19.1. The van der Waals surface area contributed by atoms with E-state index in [1.165, 1.54) is 18.2 Å². The van der Waals surface area contributed by atoms with Gasteiger partial charge in [-0.3, -0.25) is 9.59 Å². The van der Waals surface area contributed by atoms with Gasteiger partial charge >= 0.3 is 0 Å². The standard InChI is InChI=1S/C16H14FN3O2.C4H11N/c1-8-14(19-9(2)15(8)18-7-21)6-12-11-5-10(17)3-4-13(11)20-16(12)22;1-4-5(2)3/h3-7,19H,1-2H3,(H,18,21)(H,20,22);4H2,1-3H3/b12-6-;. The van der Waals surface area contributed by atoms with E-state index in [2.05, 4.69) is 41.5 Å². The lowest BCUT2D eigenvalue weighted by Gasteiger charge is -2.00. The molecule has 3 rings (SSSR count). The number of carbonyl (C=O) groups is 2. The summed E-state index contributed by atoms with van der Waals surface area (Å²) in [5.74, 6) is -0.680. The summed E-state index contributed by atoms with van der Waals surface area (Å²) in [4.78, 5) is 28.0. The topological polar surface area (TPSA) is 77.2 Å². The molecule has 1 aromatic heterocycles. The minimum absolute atomic E-state index is 0.280. The quantitative estimate of drug-likeness (QED) is 0.569. The van der Waals surface area contributed by atoms with Crippen LogP contribution in [0.3, 0.4) is 0 Å². The van der Waals surface area contributed by atoms with E-state index in [9.17, 15) is 14.0 Å². The van der Waals surface area contributed by atoms with Crippen LogP contribution in [0, 0.1) is 19.7 Å². The zero-order valence-corrected chi connectivity index (χ0v) is 16.2. The first-order chi connectivity index (χ1) is 12.8. The maximum atomic E-state index is 13.4. The number of aromatic nitrogens is 1. The van der Waals surface area contributed by atoms with E-state index in [4.69, 9.17) is 0 Å². The number of rotatable bonds is 4. The number of anilines is 2. The third-order valence-corrected chi connectivity index (χ3v) is 4.37. The van der Waals surface area contributed by atoms with Crippen molar-refractivity contribution < 1.29 is 14.0 Å². The highest BCUT2D eigenvalue weighted by Gasteiger charge is 2.25. The SMILES string of the molecule is CCN(C)C.Cc1[nH]c(/C=C2\C(=O)Nc3ccc(F)cc32)c(C)c1NC=O. The first-order valence-corrected chi connectivity index (χ1v) is 8.65. The van der Waals surface area contributed by atoms with E-state index in [1.807, 2.05) is 13.8 Å². The zero-order valence-electron chi connectivity index (χ0n) is 16.2. The van der Waals surface area contributed by atoms with Crippen molar-refractivity contribution in [3.63, 3.8) is 0 Å². The molecule has 0 saturated carbocycles. The Hall–Kier alpha value is -2.93. The van der Waals surface area contributed by atoms with Crippen LogP contribution in [-0.4, -0.2) is 42.8 Å². The normalized spacial score (nSPS) is 13.9. The van der Waals surface area contributed by atoms with Crippen LogP contribution in [0.5, 0.6) is 0 Å². The Bertz CT molecular complexity index is 884. The molecule has 6 nitrogen and oxygen atoms in total. The van der Waals surface area contributed by atoms with E-state index < -0.39 is 5.82 Å². The lowest BCUT2D eigenvalue weighted by Crippen LogP contribution is -2.08. The van der Waals surface area contributed by atoms with Crippen LogP contribution in [0.2, 0.25) is 0 Å². The highest BCUT2D eigenvalue weighted by Crippen LogP contribution is 2.35. The van der Waals surface area contributed by atoms with Crippen molar-refractivity contribution in [3.8, 4) is 0 Å². The van der Waals surface area contributed by atoms with Crippen molar-refractivity contribution in [2.24, 2.45) is 0 Å². The number of aromatic amines is 1. The van der Waals surface area contributed by atoms with Crippen molar-refractivity contribution in [2.45, 2.75) is 20.8 Å². The van der Waals surface area contributed by atoms with Crippen molar-refractivity contribution >= 4 is 35.3 Å². The van der Waals surface area contributed by atoms with Gasteiger partial charge < -0.3 is 20.5 Å². The molecule has 0 aliphatic carbocycles. The van der Waals surface area contributed by atoms with Gasteiger partial charge in [0.1, 0.15) is 5.82 Å². The van der Waals surface area contributed by atoms with Crippen LogP contribution in [0.4, 0.5) is 15.8 Å². The Kier molecular flexibility index (Phi) is 6.52. The highest BCUT2D eigenvalue weighted by molar-refractivity contribution is 6.34. The van der Waals surface area contributed by atoms with Crippen LogP contribution in [0.15, 0.2) is 18.2 Å². The molecule has 1 aromatic carbocycles. The van der Waals surface area contributed by atoms with Gasteiger partial charge in [0.2, 0.25) is 6.41 Å². The Morgan fingerprint density at radius 3 is 2.52 bits per heavy atom. The molecule has 2 aromatic rings. The van der Waals surface area contributed by atoms with Gasteiger partial charge in [-0.1, -0.05) is 6.92 Å². The minimum Gasteiger partial charge on any atom is -0.357 e. The summed E-state index contributed by atoms with van der Waals surface area (Å²) in [5, 5.41) is 5.33. The monoisotopic (exact) mass is 372 g/mol. The first kappa shape index (κ1) is 20.4. The van der Waals surface area contributed by atoms with Gasteiger partial charge in [-0.05, 0) is 64.3 Å². The fourth-order valence-corrected chi connectivity index (χ4v) is 2.64. The number of aryl methyl sites for hydroxylation is 1. The molecule has 0 atom stereocenters. The van der Waals surface area contributed by atoms with Crippen molar-refractivity contribution in [3.05, 3.63) is 46.5 Å². The van der Waals surface area contributed by atoms with Crippen LogP contribution < -0.4 is 10.6 Å². The number of amides is 2. The summed E-state index contributed by atoms with van der Waals surface area (Å²) in [6, 6.07) is 4.17. The van der Waals surface area contributed by atoms with E-state index in [1.54, 1.807) is 6.08 Å². The largest absolute Gasteiger partial charge is 0.357 e. The Morgan fingerprint density at radius 1 is 1.26 bits per heavy atom. The van der Waals surface area contributed by atoms with Gasteiger partial charge in [0.25, 0.3) is 5.91 Å². The number of fused-ring (bicyclic) bond motifs is 1. The van der Waals surface area contributed by atoms with Gasteiger partial charge in [0.05, 0.1) is 11.3 Å². The Labute approximate surface area is 158 Å². The van der Waals surface area contributed by atoms with Crippen molar-refractivity contribution in [1.29, 1.82) is 0 Å². The molecule has 144 valence electrons. The molecule has 2 heterocycles. The second-order valence-corrected chi connectivity index (χ2v) is 6.52. The molecule has 0 radical (unpaired) electrons. The van der Waals surface area contributed by atoms with E-state index >= 15 is 0 Å². The summed E-state index contributed by atoms with van der Waals surface area (Å²) < 4.78 is 13.4. The Balaban J connectivity index is 0.000000465. The molecule has 27 heavy (non-hydrogen) atoms. The van der Waals surface area contributed by atoms with Gasteiger partial charge in [-0.15, -0.1) is 0 Å². The minimum atomic E-state index is -0.399. The van der Waals surface area contributed by atoms with Crippen LogP contribution >= 0.6 is 0 Å². The van der Waals surface area contributed by atoms with Gasteiger partial charge in [-0.25, -0.2) is 4.39 Å². The molecule has 0 spiro atoms. The molecular formula is C20H25FN4O2. The number of halogens is 1. The van der Waals surface area contributed by atoms with Gasteiger partial charge in [0, 0.05) is 22.6 Å². The number of nitrogens with one attached hydrogen (secondary N) is 3. The molecular weight excluding hydrogens is 347 g/mol. The van der Waals surface area contributed by atoms with Crippen LogP contribution in [0.1, 0.15) is 29.4 Å². The second-order valence-electron chi connectivity index (χ2n) is 6.52. The predicted octanol–water partition coefficient (Wildman–Crippen LogP) is 3.40. The van der Waals surface area contributed by atoms with Crippen LogP contribution in [0.25, 0.3) is 11.6 Å². The average Bonchev–Trinajstić information content (AvgIpc) is 3.07. The van der Waals surface area contributed by atoms with Gasteiger partial charge in [-0.2, -0.15) is 0 Å². The van der Waals surface area contributed by atoms with Crippen LogP contribution in [-0.2, 0) is 9.59 Å². The van der Waals surface area contributed by atoms with E-state index in [0.29, 0.717) is 34.6 Å². The summed E-state index contributed by atoms with van der Waals surface area (Å²) in [5.41, 5.74) is 4.48. The summed E-state index contributed by atoms with van der Waals surface area (Å²) in [6.45, 7) is 6.92. The third-order valence-electron chi connectivity index (χ3n) is 4.37. The molecule has 0 fully saturated rings. The summed E-state index contributed by atoms with van der Waals surface area (Å²) in [7, 11) is 4.11. The predicted molar refractivity (Wildman–Crippen MR) is 107 cm³/mol. The molecule has 0 saturated heterocycles. The lowest BCUT2D eigenvalue weighted by molar-refractivity contribution is -0.110. The number of hydrogen-bond donors (Lipinski definition) is 3. The fraction of sp³-hybridized carbons (Fsp3) is 0.300. The molecule has 1 aliphatic heterocycles. The summed E-state index contributed by atoms with van der Waals surface area (Å²) in [6.07, 6.45) is 2.27.